The van der Waals surface area contributed by atoms with Crippen LogP contribution in [0.5, 0.6) is 0 Å². The van der Waals surface area contributed by atoms with Gasteiger partial charge < -0.3 is 4.90 Å². The molecule has 0 unspecified atom stereocenters. The molecule has 60 valence electrons. The fourth-order valence-corrected chi connectivity index (χ4v) is 1.90. The molecule has 0 spiro atoms. The summed E-state index contributed by atoms with van der Waals surface area (Å²) in [5, 5.41) is 8.26. The van der Waals surface area contributed by atoms with Gasteiger partial charge in [-0.1, -0.05) is 0 Å². The van der Waals surface area contributed by atoms with Gasteiger partial charge in [0.2, 0.25) is 5.91 Å². The van der Waals surface area contributed by atoms with Gasteiger partial charge in [-0.3, -0.25) is 4.79 Å². The zero-order valence-electron chi connectivity index (χ0n) is 6.25. The summed E-state index contributed by atoms with van der Waals surface area (Å²) in [7, 11) is 0. The van der Waals surface area contributed by atoms with E-state index in [1.807, 2.05) is 17.8 Å². The number of nitriles is 1. The first-order valence-electron chi connectivity index (χ1n) is 3.57. The van der Waals surface area contributed by atoms with E-state index >= 15 is 0 Å². The highest BCUT2D eigenvalue weighted by molar-refractivity contribution is 7.99. The van der Waals surface area contributed by atoms with E-state index in [-0.39, 0.29) is 12.3 Å². The Hall–Kier alpha value is -0.690. The summed E-state index contributed by atoms with van der Waals surface area (Å²) < 4.78 is 0. The molecule has 0 bridgehead atoms. The van der Waals surface area contributed by atoms with Crippen molar-refractivity contribution in [2.24, 2.45) is 0 Å². The van der Waals surface area contributed by atoms with Crippen molar-refractivity contribution in [2.45, 2.75) is 6.42 Å². The van der Waals surface area contributed by atoms with Crippen molar-refractivity contribution in [1.29, 1.82) is 5.26 Å². The first-order chi connectivity index (χ1) is 5.34. The number of thioether (sulfide) groups is 1. The molecule has 3 nitrogen and oxygen atoms in total. The maximum absolute atomic E-state index is 11.1. The Bertz CT molecular complexity index is 181. The Kier molecular flexibility index (Phi) is 3.24. The SMILES string of the molecule is N#CCC(=O)N1CCSCC1. The van der Waals surface area contributed by atoms with Gasteiger partial charge in [-0.15, -0.1) is 0 Å². The van der Waals surface area contributed by atoms with Crippen LogP contribution in [0.15, 0.2) is 0 Å². The first-order valence-corrected chi connectivity index (χ1v) is 4.72. The van der Waals surface area contributed by atoms with Gasteiger partial charge in [0, 0.05) is 24.6 Å². The van der Waals surface area contributed by atoms with Crippen LogP contribution in [-0.2, 0) is 4.79 Å². The molecule has 0 aromatic carbocycles. The van der Waals surface area contributed by atoms with Gasteiger partial charge in [0.15, 0.2) is 0 Å². The molecule has 0 aliphatic carbocycles. The predicted octanol–water partition coefficient (Wildman–Crippen LogP) is 0.475. The van der Waals surface area contributed by atoms with Crippen molar-refractivity contribution in [1.82, 2.24) is 4.90 Å². The van der Waals surface area contributed by atoms with Crippen LogP contribution in [0.3, 0.4) is 0 Å². The van der Waals surface area contributed by atoms with Crippen LogP contribution in [0, 0.1) is 11.3 Å². The van der Waals surface area contributed by atoms with Gasteiger partial charge in [-0.2, -0.15) is 17.0 Å². The highest BCUT2D eigenvalue weighted by Gasteiger charge is 2.15. The number of nitrogens with zero attached hydrogens (tertiary/aromatic N) is 2. The summed E-state index contributed by atoms with van der Waals surface area (Å²) in [4.78, 5) is 12.9. The lowest BCUT2D eigenvalue weighted by Gasteiger charge is -2.25. The molecule has 0 atom stereocenters. The van der Waals surface area contributed by atoms with Crippen LogP contribution in [0.2, 0.25) is 0 Å². The number of hydrogen-bond donors (Lipinski definition) is 0. The monoisotopic (exact) mass is 170 g/mol. The van der Waals surface area contributed by atoms with Crippen LogP contribution in [0.4, 0.5) is 0 Å². The van der Waals surface area contributed by atoms with E-state index < -0.39 is 0 Å². The molecule has 0 saturated carbocycles. The third kappa shape index (κ3) is 2.43. The number of carbonyl (C=O) groups excluding carboxylic acids is 1. The molecule has 0 N–H and O–H groups in total. The number of hydrogen-bond acceptors (Lipinski definition) is 3. The second-order valence-corrected chi connectivity index (χ2v) is 3.55. The number of amides is 1. The molecule has 1 saturated heterocycles. The maximum atomic E-state index is 11.1. The van der Waals surface area contributed by atoms with Gasteiger partial charge in [-0.05, 0) is 0 Å². The van der Waals surface area contributed by atoms with Crippen molar-refractivity contribution in [3.63, 3.8) is 0 Å². The average molecular weight is 170 g/mol. The van der Waals surface area contributed by atoms with E-state index in [0.29, 0.717) is 0 Å². The Balaban J connectivity index is 2.34. The Morgan fingerprint density at radius 3 is 2.73 bits per heavy atom. The molecule has 0 radical (unpaired) electrons. The molecule has 1 amide bonds. The van der Waals surface area contributed by atoms with Gasteiger partial charge in [0.05, 0.1) is 6.07 Å². The summed E-state index contributed by atoms with van der Waals surface area (Å²) in [5.74, 6) is 2.00. The van der Waals surface area contributed by atoms with Crippen LogP contribution >= 0.6 is 11.8 Å². The van der Waals surface area contributed by atoms with E-state index in [1.54, 1.807) is 4.90 Å². The average Bonchev–Trinajstić information content (AvgIpc) is 2.07. The fraction of sp³-hybridized carbons (Fsp3) is 0.714. The molecule has 0 aromatic rings. The van der Waals surface area contributed by atoms with Crippen LogP contribution in [0.1, 0.15) is 6.42 Å². The summed E-state index contributed by atoms with van der Waals surface area (Å²) in [6, 6.07) is 1.87. The molecule has 1 rings (SSSR count). The van der Waals surface area contributed by atoms with Gasteiger partial charge in [0.25, 0.3) is 0 Å². The Morgan fingerprint density at radius 2 is 2.18 bits per heavy atom. The second kappa shape index (κ2) is 4.24. The molecule has 1 heterocycles. The molecule has 1 aliphatic heterocycles. The topological polar surface area (TPSA) is 44.1 Å². The van der Waals surface area contributed by atoms with E-state index in [1.165, 1.54) is 0 Å². The zero-order valence-corrected chi connectivity index (χ0v) is 7.06. The zero-order chi connectivity index (χ0) is 8.10. The van der Waals surface area contributed by atoms with Gasteiger partial charge in [0.1, 0.15) is 6.42 Å². The lowest BCUT2D eigenvalue weighted by molar-refractivity contribution is -0.129. The summed E-state index contributed by atoms with van der Waals surface area (Å²) in [6.07, 6.45) is 0.0324. The smallest absolute Gasteiger partial charge is 0.236 e. The van der Waals surface area contributed by atoms with Gasteiger partial charge in [-0.25, -0.2) is 0 Å². The van der Waals surface area contributed by atoms with E-state index in [2.05, 4.69) is 0 Å². The fourth-order valence-electron chi connectivity index (χ4n) is 0.992. The minimum atomic E-state index is -0.0206. The second-order valence-electron chi connectivity index (χ2n) is 2.33. The highest BCUT2D eigenvalue weighted by Crippen LogP contribution is 2.09. The predicted molar refractivity (Wildman–Crippen MR) is 44.1 cm³/mol. The van der Waals surface area contributed by atoms with E-state index in [9.17, 15) is 4.79 Å². The lowest BCUT2D eigenvalue weighted by Crippen LogP contribution is -2.37. The minimum absolute atomic E-state index is 0.0206. The van der Waals surface area contributed by atoms with Crippen molar-refractivity contribution >= 4 is 17.7 Å². The molecular weight excluding hydrogens is 160 g/mol. The minimum Gasteiger partial charge on any atom is -0.340 e. The first kappa shape index (κ1) is 8.41. The van der Waals surface area contributed by atoms with Crippen LogP contribution < -0.4 is 0 Å². The quantitative estimate of drug-likeness (QED) is 0.574. The molecule has 1 aliphatic rings. The Morgan fingerprint density at radius 1 is 1.55 bits per heavy atom. The number of rotatable bonds is 1. The molecule has 11 heavy (non-hydrogen) atoms. The number of carbonyl (C=O) groups is 1. The van der Waals surface area contributed by atoms with Crippen LogP contribution in [0.25, 0.3) is 0 Å². The molecule has 4 heteroatoms. The molecule has 1 fully saturated rings. The third-order valence-corrected chi connectivity index (χ3v) is 2.54. The molecular formula is C7H10N2OS. The third-order valence-electron chi connectivity index (χ3n) is 1.59. The van der Waals surface area contributed by atoms with Crippen molar-refractivity contribution in [2.75, 3.05) is 24.6 Å². The summed E-state index contributed by atoms with van der Waals surface area (Å²) in [6.45, 7) is 1.62. The van der Waals surface area contributed by atoms with Crippen molar-refractivity contribution in [3.8, 4) is 6.07 Å². The highest BCUT2D eigenvalue weighted by atomic mass is 32.2. The van der Waals surface area contributed by atoms with Crippen LogP contribution in [-0.4, -0.2) is 35.4 Å². The lowest BCUT2D eigenvalue weighted by atomic mass is 10.4. The Labute approximate surface area is 70.4 Å². The standard InChI is InChI=1S/C7H10N2OS/c8-2-1-7(10)9-3-5-11-6-4-9/h1,3-6H2. The van der Waals surface area contributed by atoms with Crippen molar-refractivity contribution in [3.05, 3.63) is 0 Å². The van der Waals surface area contributed by atoms with E-state index in [0.717, 1.165) is 24.6 Å². The largest absolute Gasteiger partial charge is 0.340 e. The molecule has 0 aromatic heterocycles. The normalized spacial score (nSPS) is 17.5. The maximum Gasteiger partial charge on any atom is 0.236 e. The van der Waals surface area contributed by atoms with Crippen molar-refractivity contribution < 1.29 is 4.79 Å². The van der Waals surface area contributed by atoms with Gasteiger partial charge >= 0.3 is 0 Å². The van der Waals surface area contributed by atoms with E-state index in [4.69, 9.17) is 5.26 Å². The summed E-state index contributed by atoms with van der Waals surface area (Å²) >= 11 is 1.86. The summed E-state index contributed by atoms with van der Waals surface area (Å²) in [5.41, 5.74) is 0.